The molecule has 0 heterocycles. The van der Waals surface area contributed by atoms with Crippen molar-refractivity contribution in [1.29, 1.82) is 0 Å². The van der Waals surface area contributed by atoms with Crippen LogP contribution < -0.4 is 10.4 Å². The van der Waals surface area contributed by atoms with Crippen LogP contribution in [0.1, 0.15) is 32.1 Å². The summed E-state index contributed by atoms with van der Waals surface area (Å²) in [5.74, 6) is 5.71. The maximum Gasteiger partial charge on any atom is 0.400 e. The lowest BCUT2D eigenvalue weighted by atomic mass is 10.1. The van der Waals surface area contributed by atoms with Gasteiger partial charge in [-0.3, -0.25) is 4.79 Å². The molecule has 7 nitrogen and oxygen atoms in total. The third-order valence-electron chi connectivity index (χ3n) is 2.71. The van der Waals surface area contributed by atoms with Crippen molar-refractivity contribution in [2.24, 2.45) is 0 Å². The van der Waals surface area contributed by atoms with E-state index in [4.69, 9.17) is 14.5 Å². The number of rotatable bonds is 7. The average molecular weight is 304 g/mol. The maximum absolute atomic E-state index is 11.5. The fraction of sp³-hybridized carbons (Fsp3) is 0.750. The molecule has 0 bridgehead atoms. The molecule has 0 fully saturated rings. The Bertz CT molecular complexity index is 412. The van der Waals surface area contributed by atoms with E-state index in [0.717, 1.165) is 32.1 Å². The van der Waals surface area contributed by atoms with Crippen LogP contribution in [0.2, 0.25) is 0 Å². The number of nitrogens with one attached hydrogen (secondary N) is 2. The van der Waals surface area contributed by atoms with Gasteiger partial charge in [0.05, 0.1) is 0 Å². The van der Waals surface area contributed by atoms with Crippen molar-refractivity contribution in [3.8, 4) is 11.8 Å². The zero-order chi connectivity index (χ0) is 14.8. The summed E-state index contributed by atoms with van der Waals surface area (Å²) in [6, 6.07) is 0. The standard InChI is InChI=1S/C12H21N2O5P/c15-12(13-8-9-14-20(16,17)18)10-19-11-6-4-2-1-3-5-7-11/h11H,1-4,6,8-10H2,(H,13,15)(H3,14,16,17,18). The Morgan fingerprint density at radius 2 is 2.10 bits per heavy atom. The van der Waals surface area contributed by atoms with Crippen LogP contribution in [-0.4, -0.2) is 41.5 Å². The molecule has 0 aromatic heterocycles. The van der Waals surface area contributed by atoms with Gasteiger partial charge in [0.1, 0.15) is 12.7 Å². The maximum atomic E-state index is 11.5. The van der Waals surface area contributed by atoms with Crippen molar-refractivity contribution in [3.63, 3.8) is 0 Å². The van der Waals surface area contributed by atoms with Crippen LogP contribution in [0.15, 0.2) is 0 Å². The number of carbonyl (C=O) groups is 1. The summed E-state index contributed by atoms with van der Waals surface area (Å²) in [6.45, 7) is 0.0398. The van der Waals surface area contributed by atoms with E-state index in [2.05, 4.69) is 17.2 Å². The minimum Gasteiger partial charge on any atom is -0.356 e. The summed E-state index contributed by atoms with van der Waals surface area (Å²) in [4.78, 5) is 28.6. The van der Waals surface area contributed by atoms with E-state index >= 15 is 0 Å². The van der Waals surface area contributed by atoms with Gasteiger partial charge in [-0.1, -0.05) is 12.3 Å². The molecule has 1 rings (SSSR count). The molecule has 1 amide bonds. The topological polar surface area (TPSA) is 108 Å². The first kappa shape index (κ1) is 17.2. The van der Waals surface area contributed by atoms with Crippen molar-refractivity contribution in [2.45, 2.75) is 38.2 Å². The van der Waals surface area contributed by atoms with E-state index < -0.39 is 7.75 Å². The largest absolute Gasteiger partial charge is 0.400 e. The Morgan fingerprint density at radius 3 is 2.85 bits per heavy atom. The molecule has 0 radical (unpaired) electrons. The van der Waals surface area contributed by atoms with Gasteiger partial charge >= 0.3 is 7.75 Å². The Kier molecular flexibility index (Phi) is 7.82. The molecule has 1 atom stereocenters. The molecule has 4 N–H and O–H groups in total. The van der Waals surface area contributed by atoms with Gasteiger partial charge < -0.3 is 19.8 Å². The van der Waals surface area contributed by atoms with Gasteiger partial charge in [0, 0.05) is 19.5 Å². The molecule has 20 heavy (non-hydrogen) atoms. The smallest absolute Gasteiger partial charge is 0.356 e. The van der Waals surface area contributed by atoms with Gasteiger partial charge in [-0.15, -0.1) is 5.92 Å². The van der Waals surface area contributed by atoms with Gasteiger partial charge in [0.2, 0.25) is 5.91 Å². The van der Waals surface area contributed by atoms with E-state index in [1.807, 2.05) is 5.09 Å². The van der Waals surface area contributed by atoms with Crippen molar-refractivity contribution >= 4 is 13.7 Å². The molecule has 0 saturated heterocycles. The fourth-order valence-corrected chi connectivity index (χ4v) is 2.14. The zero-order valence-electron chi connectivity index (χ0n) is 11.3. The molecular formula is C12H21N2O5P. The SMILES string of the molecule is O=C(COC1C#CCCCCC1)NCCNP(=O)(O)O. The first-order valence-electron chi connectivity index (χ1n) is 6.65. The summed E-state index contributed by atoms with van der Waals surface area (Å²) in [7, 11) is -4.22. The minimum atomic E-state index is -4.22. The summed E-state index contributed by atoms with van der Waals surface area (Å²) >= 11 is 0. The monoisotopic (exact) mass is 304 g/mol. The predicted molar refractivity (Wildman–Crippen MR) is 73.7 cm³/mol. The highest BCUT2D eigenvalue weighted by atomic mass is 31.2. The van der Waals surface area contributed by atoms with Gasteiger partial charge in [-0.05, 0) is 19.3 Å². The Morgan fingerprint density at radius 1 is 1.30 bits per heavy atom. The summed E-state index contributed by atoms with van der Waals surface area (Å²) < 4.78 is 15.9. The highest BCUT2D eigenvalue weighted by molar-refractivity contribution is 7.49. The van der Waals surface area contributed by atoms with E-state index in [1.54, 1.807) is 0 Å². The molecule has 0 spiro atoms. The Hall–Kier alpha value is -0.900. The summed E-state index contributed by atoms with van der Waals surface area (Å²) in [5.41, 5.74) is 0. The fourth-order valence-electron chi connectivity index (χ4n) is 1.73. The lowest BCUT2D eigenvalue weighted by Gasteiger charge is -2.14. The lowest BCUT2D eigenvalue weighted by molar-refractivity contribution is -0.126. The molecule has 0 aliphatic heterocycles. The van der Waals surface area contributed by atoms with Crippen molar-refractivity contribution in [3.05, 3.63) is 0 Å². The number of hydrogen-bond donors (Lipinski definition) is 4. The van der Waals surface area contributed by atoms with Crippen molar-refractivity contribution in [1.82, 2.24) is 10.4 Å². The predicted octanol–water partition coefficient (Wildman–Crippen LogP) is 0.138. The van der Waals surface area contributed by atoms with E-state index in [9.17, 15) is 9.36 Å². The molecule has 1 unspecified atom stereocenters. The third-order valence-corrected chi connectivity index (χ3v) is 3.35. The Labute approximate surface area is 118 Å². The molecule has 1 aliphatic carbocycles. The van der Waals surface area contributed by atoms with Crippen LogP contribution in [0.3, 0.4) is 0 Å². The highest BCUT2D eigenvalue weighted by Gasteiger charge is 2.12. The molecular weight excluding hydrogens is 283 g/mol. The van der Waals surface area contributed by atoms with Crippen LogP contribution in [-0.2, 0) is 14.1 Å². The molecule has 0 saturated carbocycles. The number of ether oxygens (including phenoxy) is 1. The van der Waals surface area contributed by atoms with Gasteiger partial charge in [-0.25, -0.2) is 9.65 Å². The number of amides is 1. The second kappa shape index (κ2) is 9.11. The van der Waals surface area contributed by atoms with Crippen LogP contribution in [0.25, 0.3) is 0 Å². The van der Waals surface area contributed by atoms with E-state index in [-0.39, 0.29) is 31.7 Å². The molecule has 114 valence electrons. The quantitative estimate of drug-likeness (QED) is 0.303. The molecule has 8 heteroatoms. The first-order valence-corrected chi connectivity index (χ1v) is 8.26. The normalized spacial score (nSPS) is 19.4. The van der Waals surface area contributed by atoms with Crippen molar-refractivity contribution in [2.75, 3.05) is 19.7 Å². The van der Waals surface area contributed by atoms with Crippen LogP contribution in [0.5, 0.6) is 0 Å². The highest BCUT2D eigenvalue weighted by Crippen LogP contribution is 2.26. The van der Waals surface area contributed by atoms with E-state index in [1.165, 1.54) is 0 Å². The molecule has 1 aliphatic rings. The number of hydrogen-bond acceptors (Lipinski definition) is 3. The zero-order valence-corrected chi connectivity index (χ0v) is 12.2. The minimum absolute atomic E-state index is 0.000742. The second-order valence-corrected chi connectivity index (χ2v) is 5.93. The lowest BCUT2D eigenvalue weighted by Crippen LogP contribution is -2.34. The number of carbonyl (C=O) groups excluding carboxylic acids is 1. The Balaban J connectivity index is 2.14. The van der Waals surface area contributed by atoms with Gasteiger partial charge in [0.25, 0.3) is 0 Å². The first-order chi connectivity index (χ1) is 9.47. The summed E-state index contributed by atoms with van der Waals surface area (Å²) in [6.07, 6.45) is 4.81. The molecule has 0 aromatic carbocycles. The van der Waals surface area contributed by atoms with Crippen LogP contribution in [0.4, 0.5) is 0 Å². The molecule has 0 aromatic rings. The van der Waals surface area contributed by atoms with Gasteiger partial charge in [0.15, 0.2) is 0 Å². The van der Waals surface area contributed by atoms with Crippen LogP contribution >= 0.6 is 7.75 Å². The van der Waals surface area contributed by atoms with Crippen LogP contribution in [0, 0.1) is 11.8 Å². The third kappa shape index (κ3) is 9.08. The summed E-state index contributed by atoms with van der Waals surface area (Å²) in [5, 5.41) is 4.49. The second-order valence-electron chi connectivity index (χ2n) is 4.52. The van der Waals surface area contributed by atoms with Crippen molar-refractivity contribution < 1.29 is 23.9 Å². The van der Waals surface area contributed by atoms with Gasteiger partial charge in [-0.2, -0.15) is 0 Å². The average Bonchev–Trinajstić information content (AvgIpc) is 2.32. The van der Waals surface area contributed by atoms with E-state index in [0.29, 0.717) is 0 Å².